The third-order valence-electron chi connectivity index (χ3n) is 5.49. The largest absolute Gasteiger partial charge is 0.493 e. The Labute approximate surface area is 234 Å². The van der Waals surface area contributed by atoms with Crippen LogP contribution in [0.4, 0.5) is 0 Å². The van der Waals surface area contributed by atoms with Gasteiger partial charge in [0.15, 0.2) is 11.5 Å². The molecule has 0 spiro atoms. The minimum Gasteiger partial charge on any atom is -0.493 e. The number of hydrogen-bond donors (Lipinski definition) is 2. The maximum atomic E-state index is 12.8. The Morgan fingerprint density at radius 2 is 1.87 bits per heavy atom. The molecule has 3 rings (SSSR count). The van der Waals surface area contributed by atoms with Crippen LogP contribution in [-0.2, 0) is 11.4 Å². The molecule has 8 nitrogen and oxygen atoms in total. The van der Waals surface area contributed by atoms with E-state index in [1.54, 1.807) is 48.5 Å². The summed E-state index contributed by atoms with van der Waals surface area (Å²) in [6.07, 6.45) is 1.46. The molecular formula is C28H26BrClN4O4. The van der Waals surface area contributed by atoms with Crippen molar-refractivity contribution >= 4 is 45.6 Å². The van der Waals surface area contributed by atoms with Gasteiger partial charge in [0, 0.05) is 16.1 Å². The van der Waals surface area contributed by atoms with Crippen molar-refractivity contribution in [2.75, 3.05) is 7.11 Å². The Hall–Kier alpha value is -3.87. The number of rotatable bonds is 10. The fraction of sp³-hybridized carbons (Fsp3) is 0.214. The maximum absolute atomic E-state index is 12.8. The standard InChI is InChI=1S/C28H26BrClN4O4/c1-17(2)25(33-27(35)19-8-10-22(30)11-9-19)28(36)34-32-15-18-12-23(29)26(24(13-18)37-3)38-16-21-7-5-4-6-20(21)14-31/h4-13,15,17,25H,16H2,1-3H3,(H,33,35)(H,34,36). The lowest BCUT2D eigenvalue weighted by atomic mass is 10.0. The van der Waals surface area contributed by atoms with Crippen molar-refractivity contribution in [2.24, 2.45) is 11.0 Å². The minimum atomic E-state index is -0.802. The van der Waals surface area contributed by atoms with E-state index in [0.717, 1.165) is 5.56 Å². The molecule has 0 aliphatic heterocycles. The zero-order chi connectivity index (χ0) is 27.7. The summed E-state index contributed by atoms with van der Waals surface area (Å²) in [6.45, 7) is 3.83. The highest BCUT2D eigenvalue weighted by Crippen LogP contribution is 2.37. The molecule has 3 aromatic rings. The number of ether oxygens (including phenoxy) is 2. The van der Waals surface area contributed by atoms with Crippen LogP contribution in [0.5, 0.6) is 11.5 Å². The van der Waals surface area contributed by atoms with Crippen LogP contribution in [0.15, 0.2) is 70.2 Å². The van der Waals surface area contributed by atoms with Crippen LogP contribution in [0, 0.1) is 17.2 Å². The first kappa shape index (κ1) is 28.7. The SMILES string of the molecule is COc1cc(C=NNC(=O)C(NC(=O)c2ccc(Cl)cc2)C(C)C)cc(Br)c1OCc1ccccc1C#N. The summed E-state index contributed by atoms with van der Waals surface area (Å²) < 4.78 is 12.0. The van der Waals surface area contributed by atoms with E-state index in [2.05, 4.69) is 37.8 Å². The topological polar surface area (TPSA) is 113 Å². The fourth-order valence-corrected chi connectivity index (χ4v) is 4.16. The van der Waals surface area contributed by atoms with E-state index in [4.69, 9.17) is 21.1 Å². The van der Waals surface area contributed by atoms with Gasteiger partial charge >= 0.3 is 0 Å². The van der Waals surface area contributed by atoms with Gasteiger partial charge in [-0.25, -0.2) is 5.43 Å². The van der Waals surface area contributed by atoms with Gasteiger partial charge in [-0.2, -0.15) is 10.4 Å². The Balaban J connectivity index is 1.67. The second-order valence-electron chi connectivity index (χ2n) is 8.53. The Morgan fingerprint density at radius 1 is 1.16 bits per heavy atom. The highest BCUT2D eigenvalue weighted by molar-refractivity contribution is 9.10. The summed E-state index contributed by atoms with van der Waals surface area (Å²) in [5.74, 6) is -0.122. The lowest BCUT2D eigenvalue weighted by molar-refractivity contribution is -0.123. The van der Waals surface area contributed by atoms with E-state index in [0.29, 0.717) is 37.7 Å². The van der Waals surface area contributed by atoms with Crippen molar-refractivity contribution in [1.29, 1.82) is 5.26 Å². The molecule has 38 heavy (non-hydrogen) atoms. The highest BCUT2D eigenvalue weighted by Gasteiger charge is 2.24. The number of hydrazone groups is 1. The molecule has 196 valence electrons. The predicted molar refractivity (Wildman–Crippen MR) is 149 cm³/mol. The van der Waals surface area contributed by atoms with Gasteiger partial charge in [0.1, 0.15) is 12.6 Å². The number of benzene rings is 3. The van der Waals surface area contributed by atoms with Crippen molar-refractivity contribution in [3.05, 3.63) is 92.4 Å². The third kappa shape index (κ3) is 7.57. The summed E-state index contributed by atoms with van der Waals surface area (Å²) >= 11 is 9.37. The first-order chi connectivity index (χ1) is 18.2. The molecule has 0 aliphatic carbocycles. The Morgan fingerprint density at radius 3 is 2.53 bits per heavy atom. The van der Waals surface area contributed by atoms with E-state index in [-0.39, 0.29) is 18.4 Å². The smallest absolute Gasteiger partial charge is 0.262 e. The van der Waals surface area contributed by atoms with Crippen LogP contribution < -0.4 is 20.2 Å². The number of nitriles is 1. The second kappa shape index (κ2) is 13.6. The number of amides is 2. The number of carbonyl (C=O) groups is 2. The van der Waals surface area contributed by atoms with Crippen molar-refractivity contribution < 1.29 is 19.1 Å². The van der Waals surface area contributed by atoms with Crippen molar-refractivity contribution in [2.45, 2.75) is 26.5 Å². The second-order valence-corrected chi connectivity index (χ2v) is 9.82. The van der Waals surface area contributed by atoms with E-state index < -0.39 is 11.9 Å². The molecule has 0 aromatic heterocycles. The van der Waals surface area contributed by atoms with Gasteiger partial charge < -0.3 is 14.8 Å². The van der Waals surface area contributed by atoms with Gasteiger partial charge in [-0.15, -0.1) is 0 Å². The van der Waals surface area contributed by atoms with Gasteiger partial charge in [-0.1, -0.05) is 43.6 Å². The van der Waals surface area contributed by atoms with Crippen LogP contribution >= 0.6 is 27.5 Å². The number of nitrogens with zero attached hydrogens (tertiary/aromatic N) is 2. The molecular weight excluding hydrogens is 572 g/mol. The number of methoxy groups -OCH3 is 1. The first-order valence-corrected chi connectivity index (χ1v) is 12.8. The lowest BCUT2D eigenvalue weighted by Gasteiger charge is -2.20. The highest BCUT2D eigenvalue weighted by atomic mass is 79.9. The molecule has 0 aliphatic rings. The number of halogens is 2. The molecule has 1 unspecified atom stereocenters. The van der Waals surface area contributed by atoms with Crippen LogP contribution in [-0.4, -0.2) is 31.2 Å². The van der Waals surface area contributed by atoms with Crippen molar-refractivity contribution in [3.63, 3.8) is 0 Å². The first-order valence-electron chi connectivity index (χ1n) is 11.6. The van der Waals surface area contributed by atoms with Crippen LogP contribution in [0.25, 0.3) is 0 Å². The molecule has 10 heteroatoms. The van der Waals surface area contributed by atoms with Crippen molar-refractivity contribution in [3.8, 4) is 17.6 Å². The molecule has 2 N–H and O–H groups in total. The molecule has 0 saturated carbocycles. The summed E-state index contributed by atoms with van der Waals surface area (Å²) in [4.78, 5) is 25.3. The van der Waals surface area contributed by atoms with Gasteiger partial charge in [0.25, 0.3) is 11.8 Å². The van der Waals surface area contributed by atoms with E-state index >= 15 is 0 Å². The monoisotopic (exact) mass is 596 g/mol. The van der Waals surface area contributed by atoms with E-state index in [1.165, 1.54) is 13.3 Å². The van der Waals surface area contributed by atoms with Crippen LogP contribution in [0.2, 0.25) is 5.02 Å². The number of nitrogens with one attached hydrogen (secondary N) is 2. The van der Waals surface area contributed by atoms with Gasteiger partial charge in [0.2, 0.25) is 0 Å². The van der Waals surface area contributed by atoms with Crippen molar-refractivity contribution in [1.82, 2.24) is 10.7 Å². The Kier molecular flexibility index (Phi) is 10.3. The summed E-state index contributed by atoms with van der Waals surface area (Å²) in [5.41, 5.74) is 4.79. The third-order valence-corrected chi connectivity index (χ3v) is 6.33. The quantitative estimate of drug-likeness (QED) is 0.238. The van der Waals surface area contributed by atoms with E-state index in [9.17, 15) is 14.9 Å². The normalized spacial score (nSPS) is 11.6. The molecule has 1 atom stereocenters. The fourth-order valence-electron chi connectivity index (χ4n) is 3.46. The van der Waals surface area contributed by atoms with Crippen LogP contribution in [0.3, 0.4) is 0 Å². The number of carbonyl (C=O) groups excluding carboxylic acids is 2. The molecule has 3 aromatic carbocycles. The predicted octanol–water partition coefficient (Wildman–Crippen LogP) is 5.47. The number of hydrogen-bond acceptors (Lipinski definition) is 6. The zero-order valence-corrected chi connectivity index (χ0v) is 23.3. The van der Waals surface area contributed by atoms with Crippen LogP contribution in [0.1, 0.15) is 40.9 Å². The molecule has 0 radical (unpaired) electrons. The maximum Gasteiger partial charge on any atom is 0.262 e. The van der Waals surface area contributed by atoms with E-state index in [1.807, 2.05) is 26.0 Å². The molecule has 2 amide bonds. The van der Waals surface area contributed by atoms with Gasteiger partial charge in [-0.3, -0.25) is 9.59 Å². The minimum absolute atomic E-state index is 0.181. The van der Waals surface area contributed by atoms with Gasteiger partial charge in [0.05, 0.1) is 29.4 Å². The molecule has 0 heterocycles. The average Bonchev–Trinajstić information content (AvgIpc) is 2.90. The molecule has 0 saturated heterocycles. The molecule has 0 fully saturated rings. The average molecular weight is 598 g/mol. The molecule has 0 bridgehead atoms. The summed E-state index contributed by atoms with van der Waals surface area (Å²) in [7, 11) is 1.51. The summed E-state index contributed by atoms with van der Waals surface area (Å²) in [6, 6.07) is 18.4. The Bertz CT molecular complexity index is 1370. The summed E-state index contributed by atoms with van der Waals surface area (Å²) in [5, 5.41) is 16.6. The van der Waals surface area contributed by atoms with Gasteiger partial charge in [-0.05, 0) is 69.9 Å². The zero-order valence-electron chi connectivity index (χ0n) is 21.0. The lowest BCUT2D eigenvalue weighted by Crippen LogP contribution is -2.48.